The minimum absolute atomic E-state index is 0.242. The van der Waals surface area contributed by atoms with Crippen molar-refractivity contribution in [2.24, 2.45) is 0 Å². The van der Waals surface area contributed by atoms with Gasteiger partial charge in [-0.3, -0.25) is 0 Å². The quantitative estimate of drug-likeness (QED) is 0.871. The summed E-state index contributed by atoms with van der Waals surface area (Å²) in [7, 11) is 0. The van der Waals surface area contributed by atoms with Crippen LogP contribution in [0.25, 0.3) is 0 Å². The minimum atomic E-state index is -0.431. The molecule has 0 aliphatic rings. The molecule has 1 heterocycles. The van der Waals surface area contributed by atoms with Gasteiger partial charge < -0.3 is 10.4 Å². The molecule has 2 N–H and O–H groups in total. The largest absolute Gasteiger partial charge is 0.387 e. The zero-order chi connectivity index (χ0) is 13.8. The van der Waals surface area contributed by atoms with Crippen LogP contribution in [0.3, 0.4) is 0 Å². The highest BCUT2D eigenvalue weighted by atomic mass is 32.1. The number of hydrogen-bond acceptors (Lipinski definition) is 3. The molecular weight excluding hydrogens is 254 g/mol. The van der Waals surface area contributed by atoms with E-state index in [0.29, 0.717) is 6.54 Å². The van der Waals surface area contributed by atoms with Crippen LogP contribution in [0.15, 0.2) is 35.0 Å². The van der Waals surface area contributed by atoms with Gasteiger partial charge in [0.05, 0.1) is 6.10 Å². The third kappa shape index (κ3) is 3.90. The number of rotatable bonds is 5. The summed E-state index contributed by atoms with van der Waals surface area (Å²) >= 11 is 1.61. The normalized spacial score (nSPS) is 14.3. The molecule has 0 fully saturated rings. The van der Waals surface area contributed by atoms with Crippen LogP contribution in [0, 0.1) is 13.8 Å². The highest BCUT2D eigenvalue weighted by Crippen LogP contribution is 2.19. The number of nitrogens with one attached hydrogen (secondary N) is 1. The van der Waals surface area contributed by atoms with E-state index < -0.39 is 6.10 Å². The molecule has 2 unspecified atom stereocenters. The smallest absolute Gasteiger partial charge is 0.0922 e. The molecule has 0 radical (unpaired) electrons. The Morgan fingerprint density at radius 1 is 1.16 bits per heavy atom. The van der Waals surface area contributed by atoms with Crippen molar-refractivity contribution in [3.05, 3.63) is 57.3 Å². The molecule has 19 heavy (non-hydrogen) atoms. The first-order valence-electron chi connectivity index (χ1n) is 6.58. The second-order valence-corrected chi connectivity index (χ2v) is 5.90. The Morgan fingerprint density at radius 3 is 2.42 bits per heavy atom. The molecule has 0 saturated carbocycles. The molecule has 0 amide bonds. The number of aliphatic hydroxyl groups is 1. The Morgan fingerprint density at radius 2 is 1.84 bits per heavy atom. The average Bonchev–Trinajstić information content (AvgIpc) is 2.88. The van der Waals surface area contributed by atoms with Gasteiger partial charge in [-0.1, -0.05) is 29.3 Å². The summed E-state index contributed by atoms with van der Waals surface area (Å²) in [6, 6.07) is 8.78. The number of aliphatic hydroxyl groups excluding tert-OH is 1. The van der Waals surface area contributed by atoms with Crippen molar-refractivity contribution in [1.29, 1.82) is 0 Å². The Kier molecular flexibility index (Phi) is 4.75. The molecule has 1 aromatic carbocycles. The van der Waals surface area contributed by atoms with Gasteiger partial charge in [-0.25, -0.2) is 0 Å². The van der Waals surface area contributed by atoms with Gasteiger partial charge in [-0.2, -0.15) is 11.3 Å². The predicted octanol–water partition coefficient (Wildman–Crippen LogP) is 3.75. The highest BCUT2D eigenvalue weighted by molar-refractivity contribution is 7.07. The van der Waals surface area contributed by atoms with Crippen molar-refractivity contribution in [1.82, 2.24) is 5.32 Å². The van der Waals surface area contributed by atoms with E-state index in [4.69, 9.17) is 0 Å². The maximum atomic E-state index is 10.1. The monoisotopic (exact) mass is 275 g/mol. The fourth-order valence-corrected chi connectivity index (χ4v) is 2.96. The van der Waals surface area contributed by atoms with Gasteiger partial charge in [-0.15, -0.1) is 0 Å². The molecule has 1 aromatic heterocycles. The Balaban J connectivity index is 1.95. The summed E-state index contributed by atoms with van der Waals surface area (Å²) in [4.78, 5) is 0. The van der Waals surface area contributed by atoms with Crippen LogP contribution in [0.5, 0.6) is 0 Å². The lowest BCUT2D eigenvalue weighted by molar-refractivity contribution is 0.171. The molecule has 0 bridgehead atoms. The highest BCUT2D eigenvalue weighted by Gasteiger charge is 2.11. The molecule has 2 rings (SSSR count). The lowest BCUT2D eigenvalue weighted by atomic mass is 10.0. The fourth-order valence-electron chi connectivity index (χ4n) is 2.25. The molecule has 2 nitrogen and oxygen atoms in total. The van der Waals surface area contributed by atoms with Crippen LogP contribution < -0.4 is 5.32 Å². The van der Waals surface area contributed by atoms with Gasteiger partial charge in [0.2, 0.25) is 0 Å². The zero-order valence-electron chi connectivity index (χ0n) is 11.7. The standard InChI is InChI=1S/C16H21NOS/c1-11-6-12(2)8-15(7-11)13(3)17-9-16(18)14-4-5-19-10-14/h4-8,10,13,16-18H,9H2,1-3H3. The lowest BCUT2D eigenvalue weighted by Gasteiger charge is -2.18. The van der Waals surface area contributed by atoms with Crippen LogP contribution in [0.2, 0.25) is 0 Å². The van der Waals surface area contributed by atoms with Gasteiger partial charge in [0.1, 0.15) is 0 Å². The Labute approximate surface area is 119 Å². The van der Waals surface area contributed by atoms with Crippen molar-refractivity contribution in [3.8, 4) is 0 Å². The van der Waals surface area contributed by atoms with E-state index in [2.05, 4.69) is 44.3 Å². The first-order valence-corrected chi connectivity index (χ1v) is 7.52. The molecule has 0 saturated heterocycles. The fraction of sp³-hybridized carbons (Fsp3) is 0.375. The van der Waals surface area contributed by atoms with E-state index in [0.717, 1.165) is 5.56 Å². The second kappa shape index (κ2) is 6.33. The van der Waals surface area contributed by atoms with Gasteiger partial charge in [-0.05, 0) is 48.7 Å². The number of thiophene rings is 1. The van der Waals surface area contributed by atoms with Crippen LogP contribution in [0.4, 0.5) is 0 Å². The molecule has 3 heteroatoms. The van der Waals surface area contributed by atoms with Gasteiger partial charge in [0.25, 0.3) is 0 Å². The summed E-state index contributed by atoms with van der Waals surface area (Å²) in [5.74, 6) is 0. The summed E-state index contributed by atoms with van der Waals surface area (Å²) in [6.45, 7) is 6.94. The number of hydrogen-bond donors (Lipinski definition) is 2. The van der Waals surface area contributed by atoms with Crippen LogP contribution in [-0.4, -0.2) is 11.7 Å². The first-order chi connectivity index (χ1) is 9.06. The molecule has 2 aromatic rings. The summed E-state index contributed by atoms with van der Waals surface area (Å²) in [5.41, 5.74) is 4.82. The van der Waals surface area contributed by atoms with Gasteiger partial charge >= 0.3 is 0 Å². The maximum Gasteiger partial charge on any atom is 0.0922 e. The van der Waals surface area contributed by atoms with Gasteiger partial charge in [0, 0.05) is 12.6 Å². The van der Waals surface area contributed by atoms with Crippen molar-refractivity contribution in [2.45, 2.75) is 32.9 Å². The summed E-state index contributed by atoms with van der Waals surface area (Å²) in [5, 5.41) is 17.4. The molecule has 0 aliphatic heterocycles. The molecule has 0 spiro atoms. The summed E-state index contributed by atoms with van der Waals surface area (Å²) < 4.78 is 0. The van der Waals surface area contributed by atoms with Crippen LogP contribution in [0.1, 0.15) is 41.3 Å². The third-order valence-corrected chi connectivity index (χ3v) is 3.99. The summed E-state index contributed by atoms with van der Waals surface area (Å²) in [6.07, 6.45) is -0.431. The van der Waals surface area contributed by atoms with E-state index in [1.165, 1.54) is 16.7 Å². The number of aryl methyl sites for hydroxylation is 2. The SMILES string of the molecule is Cc1cc(C)cc(C(C)NCC(O)c2ccsc2)c1. The Hall–Kier alpha value is -1.16. The molecule has 2 atom stereocenters. The molecule has 102 valence electrons. The average molecular weight is 275 g/mol. The van der Waals surface area contributed by atoms with Gasteiger partial charge in [0.15, 0.2) is 0 Å². The van der Waals surface area contributed by atoms with Crippen molar-refractivity contribution >= 4 is 11.3 Å². The second-order valence-electron chi connectivity index (χ2n) is 5.12. The molecule has 0 aliphatic carbocycles. The number of benzene rings is 1. The van der Waals surface area contributed by atoms with Crippen LogP contribution in [-0.2, 0) is 0 Å². The zero-order valence-corrected chi connectivity index (χ0v) is 12.5. The van der Waals surface area contributed by atoms with E-state index >= 15 is 0 Å². The Bertz CT molecular complexity index is 501. The van der Waals surface area contributed by atoms with Crippen molar-refractivity contribution in [2.75, 3.05) is 6.54 Å². The van der Waals surface area contributed by atoms with E-state index in [9.17, 15) is 5.11 Å². The van der Waals surface area contributed by atoms with E-state index in [1.807, 2.05) is 16.8 Å². The van der Waals surface area contributed by atoms with Crippen molar-refractivity contribution < 1.29 is 5.11 Å². The van der Waals surface area contributed by atoms with E-state index in [1.54, 1.807) is 11.3 Å². The third-order valence-electron chi connectivity index (χ3n) is 3.29. The topological polar surface area (TPSA) is 32.3 Å². The lowest BCUT2D eigenvalue weighted by Crippen LogP contribution is -2.24. The maximum absolute atomic E-state index is 10.1. The van der Waals surface area contributed by atoms with Crippen molar-refractivity contribution in [3.63, 3.8) is 0 Å². The first kappa shape index (κ1) is 14.3. The molecular formula is C16H21NOS. The predicted molar refractivity (Wildman–Crippen MR) is 81.6 cm³/mol. The van der Waals surface area contributed by atoms with Crippen LogP contribution >= 0.6 is 11.3 Å². The van der Waals surface area contributed by atoms with E-state index in [-0.39, 0.29) is 6.04 Å². The minimum Gasteiger partial charge on any atom is -0.387 e.